The second-order valence-corrected chi connectivity index (χ2v) is 8.01. The van der Waals surface area contributed by atoms with Crippen molar-refractivity contribution in [2.24, 2.45) is 10.7 Å². The molecule has 1 aromatic carbocycles. The van der Waals surface area contributed by atoms with Crippen LogP contribution in [0.2, 0.25) is 0 Å². The van der Waals surface area contributed by atoms with Gasteiger partial charge in [-0.3, -0.25) is 18.9 Å². The van der Waals surface area contributed by atoms with E-state index in [-0.39, 0.29) is 5.91 Å². The van der Waals surface area contributed by atoms with Crippen molar-refractivity contribution < 1.29 is 9.00 Å². The molecule has 0 aliphatic carbocycles. The van der Waals surface area contributed by atoms with Crippen LogP contribution in [-0.4, -0.2) is 66.0 Å². The lowest BCUT2D eigenvalue weighted by molar-refractivity contribution is -0.119. The number of guanidine groups is 1. The lowest BCUT2D eigenvalue weighted by Gasteiger charge is -2.32. The molecule has 1 unspecified atom stereocenters. The molecule has 1 aliphatic rings. The number of hydrogen-bond donors (Lipinski definition) is 3. The van der Waals surface area contributed by atoms with Crippen molar-refractivity contribution in [3.8, 4) is 0 Å². The first-order valence-corrected chi connectivity index (χ1v) is 10.4. The second kappa shape index (κ2) is 10.9. The molecule has 1 heterocycles. The third-order valence-corrected chi connectivity index (χ3v) is 5.64. The fraction of sp³-hybridized carbons (Fsp3) is 0.556. The minimum atomic E-state index is -0.902. The number of hydrogen-bond acceptors (Lipinski definition) is 4. The summed E-state index contributed by atoms with van der Waals surface area (Å²) in [5.41, 5.74) is 6.33. The first-order chi connectivity index (χ1) is 12.6. The van der Waals surface area contributed by atoms with E-state index in [9.17, 15) is 9.00 Å². The van der Waals surface area contributed by atoms with Gasteiger partial charge >= 0.3 is 0 Å². The average molecular weight is 380 g/mol. The summed E-state index contributed by atoms with van der Waals surface area (Å²) in [5, 5.41) is 6.63. The van der Waals surface area contributed by atoms with Crippen molar-refractivity contribution in [1.29, 1.82) is 0 Å². The maximum atomic E-state index is 12.2. The Balaban J connectivity index is 1.65. The van der Waals surface area contributed by atoms with Crippen LogP contribution in [0.3, 0.4) is 0 Å². The van der Waals surface area contributed by atoms with Crippen LogP contribution in [0.1, 0.15) is 18.4 Å². The van der Waals surface area contributed by atoms with E-state index in [1.54, 1.807) is 7.05 Å². The van der Waals surface area contributed by atoms with Crippen molar-refractivity contribution in [2.45, 2.75) is 24.6 Å². The maximum absolute atomic E-state index is 12.2. The van der Waals surface area contributed by atoms with Gasteiger partial charge in [-0.1, -0.05) is 30.3 Å². The van der Waals surface area contributed by atoms with Crippen molar-refractivity contribution >= 4 is 22.7 Å². The predicted octanol–water partition coefficient (Wildman–Crippen LogP) is 0.0500. The van der Waals surface area contributed by atoms with Gasteiger partial charge in [0.15, 0.2) is 5.96 Å². The van der Waals surface area contributed by atoms with Gasteiger partial charge in [-0.15, -0.1) is 0 Å². The smallest absolute Gasteiger partial charge is 0.231 e. The van der Waals surface area contributed by atoms with E-state index in [0.29, 0.717) is 30.6 Å². The molecule has 0 radical (unpaired) electrons. The quantitative estimate of drug-likeness (QED) is 0.438. The van der Waals surface area contributed by atoms with Gasteiger partial charge in [-0.25, -0.2) is 0 Å². The number of aliphatic imine (C=N–C) groups is 1. The molecule has 1 aromatic rings. The van der Waals surface area contributed by atoms with Crippen molar-refractivity contribution in [3.05, 3.63) is 35.9 Å². The molecule has 1 aliphatic heterocycles. The van der Waals surface area contributed by atoms with Gasteiger partial charge in [0.2, 0.25) is 5.91 Å². The number of piperidine rings is 1. The summed E-state index contributed by atoms with van der Waals surface area (Å²) in [4.78, 5) is 17.3. The Labute approximate surface area is 157 Å². The number of rotatable bonds is 8. The summed E-state index contributed by atoms with van der Waals surface area (Å²) in [6.07, 6.45) is 1.88. The summed E-state index contributed by atoms with van der Waals surface area (Å²) in [6, 6.07) is 10.2. The molecule has 26 heavy (non-hydrogen) atoms. The lowest BCUT2D eigenvalue weighted by atomic mass is 10.1. The Morgan fingerprint density at radius 2 is 2.00 bits per heavy atom. The molecule has 1 atom stereocenters. The van der Waals surface area contributed by atoms with Crippen molar-refractivity contribution in [2.75, 3.05) is 39.0 Å². The van der Waals surface area contributed by atoms with E-state index in [2.05, 4.69) is 20.5 Å². The van der Waals surface area contributed by atoms with Crippen molar-refractivity contribution in [3.63, 3.8) is 0 Å². The number of nitrogens with zero attached hydrogens (tertiary/aromatic N) is 2. The highest BCUT2D eigenvalue weighted by molar-refractivity contribution is 7.84. The highest BCUT2D eigenvalue weighted by Gasteiger charge is 2.20. The molecule has 4 N–H and O–H groups in total. The molecule has 0 aromatic heterocycles. The molecule has 144 valence electrons. The van der Waals surface area contributed by atoms with Crippen LogP contribution in [0, 0.1) is 0 Å². The normalized spacial score (nSPS) is 17.7. The topological polar surface area (TPSA) is 99.8 Å². The van der Waals surface area contributed by atoms with Crippen LogP contribution >= 0.6 is 0 Å². The Morgan fingerprint density at radius 1 is 1.31 bits per heavy atom. The third-order valence-electron chi connectivity index (χ3n) is 4.32. The molecule has 1 amide bonds. The number of carbonyl (C=O) groups is 1. The number of benzene rings is 1. The van der Waals surface area contributed by atoms with Crippen molar-refractivity contribution in [1.82, 2.24) is 15.5 Å². The standard InChI is InChI=1S/C18H29N5O2S/c1-20-18(22-16-7-10-23(11-8-16)13-17(19)24)21-9-12-26(25)14-15-5-3-2-4-6-15/h2-6,16H,7-14H2,1H3,(H2,19,24)(H2,20,21,22). The number of nitrogens with one attached hydrogen (secondary N) is 2. The molecule has 2 rings (SSSR count). The fourth-order valence-corrected chi connectivity index (χ4v) is 4.00. The van der Waals surface area contributed by atoms with Gasteiger partial charge < -0.3 is 16.4 Å². The Hall–Kier alpha value is -1.93. The predicted molar refractivity (Wildman–Crippen MR) is 106 cm³/mol. The molecule has 0 spiro atoms. The molecule has 0 bridgehead atoms. The molecular weight excluding hydrogens is 350 g/mol. The van der Waals surface area contributed by atoms with Gasteiger partial charge in [0.25, 0.3) is 0 Å². The minimum absolute atomic E-state index is 0.280. The van der Waals surface area contributed by atoms with Gasteiger partial charge in [-0.05, 0) is 18.4 Å². The van der Waals surface area contributed by atoms with Gasteiger partial charge in [0.1, 0.15) is 0 Å². The zero-order chi connectivity index (χ0) is 18.8. The average Bonchev–Trinajstić information content (AvgIpc) is 2.62. The van der Waals surface area contributed by atoms with Crippen LogP contribution in [0.5, 0.6) is 0 Å². The van der Waals surface area contributed by atoms with Crippen LogP contribution in [-0.2, 0) is 21.3 Å². The lowest BCUT2D eigenvalue weighted by Crippen LogP contribution is -2.50. The number of nitrogens with two attached hydrogens (primary N) is 1. The molecular formula is C18H29N5O2S. The van der Waals surface area contributed by atoms with Crippen LogP contribution in [0.4, 0.5) is 0 Å². The van der Waals surface area contributed by atoms with E-state index in [1.165, 1.54) is 0 Å². The van der Waals surface area contributed by atoms with E-state index in [4.69, 9.17) is 5.73 Å². The first kappa shape index (κ1) is 20.4. The zero-order valence-corrected chi connectivity index (χ0v) is 16.1. The first-order valence-electron chi connectivity index (χ1n) is 8.93. The highest BCUT2D eigenvalue weighted by atomic mass is 32.2. The number of carbonyl (C=O) groups excluding carboxylic acids is 1. The minimum Gasteiger partial charge on any atom is -0.369 e. The Kier molecular flexibility index (Phi) is 8.57. The largest absolute Gasteiger partial charge is 0.369 e. The SMILES string of the molecule is CN=C(NCCS(=O)Cc1ccccc1)NC1CCN(CC(N)=O)CC1. The molecule has 1 fully saturated rings. The number of likely N-dealkylation sites (tertiary alicyclic amines) is 1. The maximum Gasteiger partial charge on any atom is 0.231 e. The number of amides is 1. The number of primary amides is 1. The van der Waals surface area contributed by atoms with E-state index >= 15 is 0 Å². The van der Waals surface area contributed by atoms with E-state index < -0.39 is 10.8 Å². The third kappa shape index (κ3) is 7.53. The summed E-state index contributed by atoms with van der Waals surface area (Å²) in [7, 11) is 0.832. The van der Waals surface area contributed by atoms with Gasteiger partial charge in [-0.2, -0.15) is 0 Å². The summed E-state index contributed by atoms with van der Waals surface area (Å²) in [6.45, 7) is 2.63. The van der Waals surface area contributed by atoms with Crippen LogP contribution in [0.25, 0.3) is 0 Å². The summed E-state index contributed by atoms with van der Waals surface area (Å²) < 4.78 is 12.2. The molecule has 7 nitrogen and oxygen atoms in total. The molecule has 0 saturated carbocycles. The summed E-state index contributed by atoms with van der Waals surface area (Å²) in [5.74, 6) is 1.60. The monoisotopic (exact) mass is 379 g/mol. The summed E-state index contributed by atoms with van der Waals surface area (Å²) >= 11 is 0. The second-order valence-electron chi connectivity index (χ2n) is 6.43. The Bertz CT molecular complexity index is 615. The van der Waals surface area contributed by atoms with Crippen LogP contribution in [0.15, 0.2) is 35.3 Å². The van der Waals surface area contributed by atoms with Gasteiger partial charge in [0.05, 0.1) is 6.54 Å². The molecule has 8 heteroatoms. The molecule has 1 saturated heterocycles. The van der Waals surface area contributed by atoms with E-state index in [0.717, 1.165) is 37.5 Å². The zero-order valence-electron chi connectivity index (χ0n) is 15.3. The highest BCUT2D eigenvalue weighted by Crippen LogP contribution is 2.09. The Morgan fingerprint density at radius 3 is 2.62 bits per heavy atom. The van der Waals surface area contributed by atoms with Crippen LogP contribution < -0.4 is 16.4 Å². The van der Waals surface area contributed by atoms with E-state index in [1.807, 2.05) is 30.3 Å². The fourth-order valence-electron chi connectivity index (χ4n) is 2.96. The van der Waals surface area contributed by atoms with Gasteiger partial charge in [0, 0.05) is 55.0 Å².